The largest absolute Gasteiger partial charge is 0.474 e. The van der Waals surface area contributed by atoms with Gasteiger partial charge in [0.15, 0.2) is 0 Å². The third kappa shape index (κ3) is 8.86. The van der Waals surface area contributed by atoms with E-state index in [9.17, 15) is 0 Å². The molecule has 0 saturated heterocycles. The fraction of sp³-hybridized carbons (Fsp3) is 0. The zero-order chi connectivity index (χ0) is 4.12. The Kier molecular flexibility index (Phi) is 14.3. The minimum absolute atomic E-state index is 0. The predicted octanol–water partition coefficient (Wildman–Crippen LogP) is 0.909. The van der Waals surface area contributed by atoms with Gasteiger partial charge in [-0.25, -0.2) is 0 Å². The van der Waals surface area contributed by atoms with Crippen LogP contribution in [0.3, 0.4) is 0 Å². The minimum Gasteiger partial charge on any atom is -0.474 e. The fourth-order valence-electron chi connectivity index (χ4n) is 0.0680. The average molecular weight is 93.1 g/mol. The van der Waals surface area contributed by atoms with E-state index in [0.717, 1.165) is 0 Å². The first-order chi connectivity index (χ1) is 2.41. The van der Waals surface area contributed by atoms with Crippen molar-refractivity contribution >= 4 is 29.6 Å². The normalized spacial score (nSPS) is 4.67. The summed E-state index contributed by atoms with van der Waals surface area (Å²) in [6.07, 6.45) is 2.62. The van der Waals surface area contributed by atoms with Crippen molar-refractivity contribution in [1.29, 1.82) is 0 Å². The molecule has 0 fully saturated rings. The molecule has 0 aromatic carbocycles. The first-order valence-corrected chi connectivity index (χ1v) is 1.29. The quantitative estimate of drug-likeness (QED) is 0.364. The predicted molar refractivity (Wildman–Crippen MR) is 27.2 cm³/mol. The van der Waals surface area contributed by atoms with Crippen LogP contribution in [-0.2, 0) is 4.74 Å². The summed E-state index contributed by atoms with van der Waals surface area (Å²) in [6, 6.07) is 0. The maximum absolute atomic E-state index is 4.36. The van der Waals surface area contributed by atoms with E-state index in [1.165, 1.54) is 12.5 Å². The van der Waals surface area contributed by atoms with Crippen LogP contribution in [0.4, 0.5) is 0 Å². The molecule has 2 heteroatoms. The smallest absolute Gasteiger partial charge is 0.0829 e. The van der Waals surface area contributed by atoms with Crippen molar-refractivity contribution in [2.45, 2.75) is 0 Å². The molecule has 0 aliphatic rings. The van der Waals surface area contributed by atoms with Gasteiger partial charge in [-0.1, -0.05) is 13.2 Å². The van der Waals surface area contributed by atoms with Crippen molar-refractivity contribution in [3.63, 3.8) is 0 Å². The van der Waals surface area contributed by atoms with Crippen molar-refractivity contribution < 1.29 is 4.74 Å². The molecular weight excluding hydrogens is 87.0 g/mol. The van der Waals surface area contributed by atoms with Crippen LogP contribution in [-0.4, -0.2) is 29.6 Å². The van der Waals surface area contributed by atoms with E-state index >= 15 is 0 Å². The Balaban J connectivity index is 0. The van der Waals surface area contributed by atoms with Crippen LogP contribution in [0.15, 0.2) is 25.7 Å². The summed E-state index contributed by atoms with van der Waals surface area (Å²) in [7, 11) is 0. The SMILES string of the molecule is C=COC=C.[Na]. The van der Waals surface area contributed by atoms with Gasteiger partial charge in [-0.2, -0.15) is 0 Å². The van der Waals surface area contributed by atoms with Gasteiger partial charge in [0, 0.05) is 29.6 Å². The fourth-order valence-corrected chi connectivity index (χ4v) is 0.0680. The van der Waals surface area contributed by atoms with Crippen LogP contribution in [0.5, 0.6) is 0 Å². The van der Waals surface area contributed by atoms with Gasteiger partial charge < -0.3 is 4.74 Å². The Morgan fingerprint density at radius 3 is 1.50 bits per heavy atom. The van der Waals surface area contributed by atoms with E-state index in [1.54, 1.807) is 0 Å². The molecule has 0 N–H and O–H groups in total. The molecule has 0 atom stereocenters. The Morgan fingerprint density at radius 1 is 1.17 bits per heavy atom. The summed E-state index contributed by atoms with van der Waals surface area (Å²) >= 11 is 0. The second-order valence-corrected chi connectivity index (χ2v) is 0.469. The van der Waals surface area contributed by atoms with Gasteiger partial charge in [0.2, 0.25) is 0 Å². The third-order valence-corrected chi connectivity index (χ3v) is 0.192. The van der Waals surface area contributed by atoms with Crippen LogP contribution in [0.2, 0.25) is 0 Å². The van der Waals surface area contributed by atoms with Crippen LogP contribution < -0.4 is 0 Å². The molecule has 0 unspecified atom stereocenters. The maximum Gasteiger partial charge on any atom is 0.0829 e. The molecule has 0 aromatic heterocycles. The molecule has 1 nitrogen and oxygen atoms in total. The van der Waals surface area contributed by atoms with Gasteiger partial charge in [0.05, 0.1) is 12.5 Å². The molecule has 0 heterocycles. The van der Waals surface area contributed by atoms with Crippen molar-refractivity contribution in [2.75, 3.05) is 0 Å². The number of rotatable bonds is 2. The molecule has 0 aliphatic carbocycles. The monoisotopic (exact) mass is 93.0 g/mol. The molecule has 0 amide bonds. The third-order valence-electron chi connectivity index (χ3n) is 0.192. The molecule has 29 valence electrons. The molecule has 6 heavy (non-hydrogen) atoms. The second kappa shape index (κ2) is 8.99. The maximum atomic E-state index is 4.36. The summed E-state index contributed by atoms with van der Waals surface area (Å²) in [5.74, 6) is 0. The molecule has 0 aromatic rings. The molecule has 0 aliphatic heterocycles. The summed E-state index contributed by atoms with van der Waals surface area (Å²) in [6.45, 7) is 6.51. The van der Waals surface area contributed by atoms with Crippen molar-refractivity contribution in [1.82, 2.24) is 0 Å². The summed E-state index contributed by atoms with van der Waals surface area (Å²) in [4.78, 5) is 0. The Labute approximate surface area is 60.0 Å². The standard InChI is InChI=1S/C4H6O.Na/c1-3-5-4-2;/h3-4H,1-2H2;. The molecule has 0 bridgehead atoms. The molecule has 0 spiro atoms. The number of ether oxygens (including phenoxy) is 1. The van der Waals surface area contributed by atoms with Crippen LogP contribution in [0.25, 0.3) is 0 Å². The van der Waals surface area contributed by atoms with E-state index in [-0.39, 0.29) is 29.6 Å². The summed E-state index contributed by atoms with van der Waals surface area (Å²) < 4.78 is 4.36. The van der Waals surface area contributed by atoms with Gasteiger partial charge in [0.1, 0.15) is 0 Å². The average Bonchev–Trinajstić information content (AvgIpc) is 1.41. The van der Waals surface area contributed by atoms with Crippen molar-refractivity contribution in [3.8, 4) is 0 Å². The van der Waals surface area contributed by atoms with Gasteiger partial charge in [-0.3, -0.25) is 0 Å². The van der Waals surface area contributed by atoms with E-state index in [2.05, 4.69) is 17.9 Å². The van der Waals surface area contributed by atoms with Crippen LogP contribution in [0.1, 0.15) is 0 Å². The van der Waals surface area contributed by atoms with Crippen LogP contribution >= 0.6 is 0 Å². The van der Waals surface area contributed by atoms with Crippen molar-refractivity contribution in [2.24, 2.45) is 0 Å². The minimum atomic E-state index is 0. The Morgan fingerprint density at radius 2 is 1.50 bits per heavy atom. The molecule has 0 rings (SSSR count). The van der Waals surface area contributed by atoms with E-state index in [4.69, 9.17) is 0 Å². The van der Waals surface area contributed by atoms with E-state index in [1.807, 2.05) is 0 Å². The Hall–Kier alpha value is 0.280. The number of hydrogen-bond donors (Lipinski definition) is 0. The van der Waals surface area contributed by atoms with Crippen molar-refractivity contribution in [3.05, 3.63) is 25.7 Å². The molecular formula is C4H6NaO. The zero-order valence-electron chi connectivity index (χ0n) is 3.98. The van der Waals surface area contributed by atoms with E-state index in [0.29, 0.717) is 0 Å². The first-order valence-electron chi connectivity index (χ1n) is 1.29. The van der Waals surface area contributed by atoms with Gasteiger partial charge in [-0.15, -0.1) is 0 Å². The topological polar surface area (TPSA) is 9.23 Å². The van der Waals surface area contributed by atoms with Gasteiger partial charge in [-0.05, 0) is 0 Å². The summed E-state index contributed by atoms with van der Waals surface area (Å²) in [5, 5.41) is 0. The first kappa shape index (κ1) is 9.56. The molecule has 1 radical (unpaired) electrons. The van der Waals surface area contributed by atoms with E-state index < -0.39 is 0 Å². The summed E-state index contributed by atoms with van der Waals surface area (Å²) in [5.41, 5.74) is 0. The molecule has 0 saturated carbocycles. The van der Waals surface area contributed by atoms with Gasteiger partial charge in [0.25, 0.3) is 0 Å². The second-order valence-electron chi connectivity index (χ2n) is 0.469. The van der Waals surface area contributed by atoms with Gasteiger partial charge >= 0.3 is 0 Å². The zero-order valence-corrected chi connectivity index (χ0v) is 5.98. The number of hydrogen-bond acceptors (Lipinski definition) is 1. The van der Waals surface area contributed by atoms with Crippen LogP contribution in [0, 0.1) is 0 Å². The Bertz CT molecular complexity index is 36.8.